The molecule has 1 aromatic heterocycles. The van der Waals surface area contributed by atoms with Crippen LogP contribution in [0.5, 0.6) is 0 Å². The largest absolute Gasteiger partial charge is 0.444 e. The molecule has 1 heterocycles. The summed E-state index contributed by atoms with van der Waals surface area (Å²) >= 11 is 0. The molecule has 0 saturated heterocycles. The van der Waals surface area contributed by atoms with Crippen LogP contribution in [0, 0.1) is 0 Å². The number of ether oxygens (including phenoxy) is 1. The molecule has 0 radical (unpaired) electrons. The number of amides is 3. The lowest BCUT2D eigenvalue weighted by Crippen LogP contribution is -2.27. The molecule has 3 rings (SSSR count). The van der Waals surface area contributed by atoms with E-state index in [1.165, 1.54) is 0 Å². The minimum Gasteiger partial charge on any atom is -0.444 e. The van der Waals surface area contributed by atoms with Crippen LogP contribution < -0.4 is 15.5 Å². The Hall–Kier alpha value is -4.20. The van der Waals surface area contributed by atoms with Gasteiger partial charge in [-0.1, -0.05) is 37.3 Å². The lowest BCUT2D eigenvalue weighted by Gasteiger charge is -2.19. The van der Waals surface area contributed by atoms with Crippen LogP contribution in [-0.2, 0) is 16.1 Å². The van der Waals surface area contributed by atoms with Crippen molar-refractivity contribution in [3.8, 4) is 11.1 Å². The summed E-state index contributed by atoms with van der Waals surface area (Å²) in [5, 5.41) is 5.45. The van der Waals surface area contributed by atoms with E-state index in [4.69, 9.17) is 4.74 Å². The van der Waals surface area contributed by atoms with Crippen molar-refractivity contribution in [2.24, 2.45) is 0 Å². The summed E-state index contributed by atoms with van der Waals surface area (Å²) in [4.78, 5) is 42.1. The molecular formula is C28H32N4O4. The Morgan fingerprint density at radius 1 is 0.917 bits per heavy atom. The van der Waals surface area contributed by atoms with E-state index >= 15 is 0 Å². The number of rotatable bonds is 7. The first kappa shape index (κ1) is 26.4. The fourth-order valence-electron chi connectivity index (χ4n) is 3.37. The quantitative estimate of drug-likeness (QED) is 0.464. The van der Waals surface area contributed by atoms with E-state index in [9.17, 15) is 14.4 Å². The van der Waals surface area contributed by atoms with Crippen molar-refractivity contribution < 1.29 is 19.1 Å². The van der Waals surface area contributed by atoms with Gasteiger partial charge in [0.25, 0.3) is 5.91 Å². The van der Waals surface area contributed by atoms with E-state index in [2.05, 4.69) is 15.6 Å². The number of nitrogens with zero attached hydrogens (tertiary/aromatic N) is 2. The fourth-order valence-corrected chi connectivity index (χ4v) is 3.37. The van der Waals surface area contributed by atoms with Gasteiger partial charge in [0, 0.05) is 37.5 Å². The first-order chi connectivity index (χ1) is 17.1. The normalized spacial score (nSPS) is 10.9. The Balaban J connectivity index is 1.54. The van der Waals surface area contributed by atoms with Crippen molar-refractivity contribution >= 4 is 29.4 Å². The highest BCUT2D eigenvalue weighted by atomic mass is 16.6. The Morgan fingerprint density at radius 3 is 2.06 bits per heavy atom. The van der Waals surface area contributed by atoms with Gasteiger partial charge in [-0.05, 0) is 67.8 Å². The first-order valence-electron chi connectivity index (χ1n) is 11.8. The van der Waals surface area contributed by atoms with Crippen molar-refractivity contribution in [1.82, 2.24) is 10.3 Å². The van der Waals surface area contributed by atoms with Crippen molar-refractivity contribution in [2.45, 2.75) is 46.3 Å². The van der Waals surface area contributed by atoms with Gasteiger partial charge in [-0.15, -0.1) is 0 Å². The van der Waals surface area contributed by atoms with E-state index in [-0.39, 0.29) is 11.8 Å². The molecule has 3 amide bonds. The lowest BCUT2D eigenvalue weighted by atomic mass is 10.0. The molecule has 2 N–H and O–H groups in total. The molecule has 0 unspecified atom stereocenters. The maximum atomic E-state index is 12.6. The Morgan fingerprint density at radius 2 is 1.53 bits per heavy atom. The molecule has 8 nitrogen and oxygen atoms in total. The molecule has 2 aromatic carbocycles. The predicted molar refractivity (Wildman–Crippen MR) is 141 cm³/mol. The second-order valence-corrected chi connectivity index (χ2v) is 9.29. The fraction of sp³-hybridized carbons (Fsp3) is 0.286. The number of hydrogen-bond donors (Lipinski definition) is 2. The zero-order valence-electron chi connectivity index (χ0n) is 21.3. The topological polar surface area (TPSA) is 101 Å². The van der Waals surface area contributed by atoms with Crippen molar-refractivity contribution in [2.75, 3.05) is 17.3 Å². The molecule has 0 bridgehead atoms. The van der Waals surface area contributed by atoms with Crippen LogP contribution in [0.15, 0.2) is 66.9 Å². The average molecular weight is 489 g/mol. The SMILES string of the molecule is CCC(=O)N(C)c1ccc(-c2ccc(C(=O)NCc3ccc(NC(=O)OC(C)(C)C)nc3)cc2)cc1. The maximum Gasteiger partial charge on any atom is 0.413 e. The van der Waals surface area contributed by atoms with Gasteiger partial charge >= 0.3 is 6.09 Å². The number of aromatic nitrogens is 1. The van der Waals surface area contributed by atoms with Crippen LogP contribution in [0.1, 0.15) is 50.0 Å². The molecule has 8 heteroatoms. The molecule has 0 fully saturated rings. The zero-order chi connectivity index (χ0) is 26.3. The maximum absolute atomic E-state index is 12.6. The highest BCUT2D eigenvalue weighted by molar-refractivity contribution is 5.95. The van der Waals surface area contributed by atoms with Crippen LogP contribution in [-0.4, -0.2) is 35.5 Å². The number of anilines is 2. The van der Waals surface area contributed by atoms with Gasteiger partial charge in [0.1, 0.15) is 11.4 Å². The van der Waals surface area contributed by atoms with E-state index in [1.54, 1.807) is 63.2 Å². The van der Waals surface area contributed by atoms with E-state index < -0.39 is 11.7 Å². The van der Waals surface area contributed by atoms with Crippen molar-refractivity contribution in [3.05, 3.63) is 78.0 Å². The minimum absolute atomic E-state index is 0.0577. The monoisotopic (exact) mass is 488 g/mol. The number of pyridine rings is 1. The van der Waals surface area contributed by atoms with E-state index in [0.717, 1.165) is 22.4 Å². The minimum atomic E-state index is -0.593. The molecule has 36 heavy (non-hydrogen) atoms. The number of carbonyl (C=O) groups excluding carboxylic acids is 3. The third kappa shape index (κ3) is 7.40. The number of carbonyl (C=O) groups is 3. The second kappa shape index (κ2) is 11.5. The van der Waals surface area contributed by atoms with Gasteiger partial charge in [0.2, 0.25) is 5.91 Å². The molecule has 0 spiro atoms. The Labute approximate surface area is 211 Å². The first-order valence-corrected chi connectivity index (χ1v) is 11.8. The molecule has 0 saturated carbocycles. The second-order valence-electron chi connectivity index (χ2n) is 9.29. The summed E-state index contributed by atoms with van der Waals surface area (Å²) in [6, 6.07) is 18.5. The standard InChI is InChI=1S/C28H32N4O4/c1-6-25(33)32(5)23-14-12-21(13-15-23)20-8-10-22(11-9-20)26(34)30-18-19-7-16-24(29-17-19)31-27(35)36-28(2,3)4/h7-17H,6,18H2,1-5H3,(H,30,34)(H,29,31,35). The van der Waals surface area contributed by atoms with Gasteiger partial charge in [0.05, 0.1) is 0 Å². The lowest BCUT2D eigenvalue weighted by molar-refractivity contribution is -0.118. The smallest absolute Gasteiger partial charge is 0.413 e. The number of nitrogens with one attached hydrogen (secondary N) is 2. The van der Waals surface area contributed by atoms with Gasteiger partial charge in [-0.3, -0.25) is 14.9 Å². The molecule has 0 atom stereocenters. The predicted octanol–water partition coefficient (Wildman–Crippen LogP) is 5.40. The zero-order valence-corrected chi connectivity index (χ0v) is 21.3. The van der Waals surface area contributed by atoms with Crippen LogP contribution >= 0.6 is 0 Å². The third-order valence-electron chi connectivity index (χ3n) is 5.32. The highest BCUT2D eigenvalue weighted by Crippen LogP contribution is 2.23. The van der Waals surface area contributed by atoms with Crippen LogP contribution in [0.3, 0.4) is 0 Å². The molecule has 0 aliphatic rings. The van der Waals surface area contributed by atoms with Gasteiger partial charge < -0.3 is 15.0 Å². The summed E-state index contributed by atoms with van der Waals surface area (Å²) in [5.41, 5.74) is 3.55. The van der Waals surface area contributed by atoms with Crippen LogP contribution in [0.2, 0.25) is 0 Å². The average Bonchev–Trinajstić information content (AvgIpc) is 2.86. The van der Waals surface area contributed by atoms with Crippen molar-refractivity contribution in [1.29, 1.82) is 0 Å². The summed E-state index contributed by atoms with van der Waals surface area (Å²) in [7, 11) is 1.76. The summed E-state index contributed by atoms with van der Waals surface area (Å²) in [5.74, 6) is 0.224. The summed E-state index contributed by atoms with van der Waals surface area (Å²) in [6.45, 7) is 7.49. The third-order valence-corrected chi connectivity index (χ3v) is 5.32. The molecule has 3 aromatic rings. The van der Waals surface area contributed by atoms with E-state index in [1.807, 2.05) is 43.3 Å². The molecular weight excluding hydrogens is 456 g/mol. The van der Waals surface area contributed by atoms with E-state index in [0.29, 0.717) is 24.3 Å². The summed E-state index contributed by atoms with van der Waals surface area (Å²) in [6.07, 6.45) is 1.47. The Bertz CT molecular complexity index is 1200. The van der Waals surface area contributed by atoms with Crippen LogP contribution in [0.4, 0.5) is 16.3 Å². The number of hydrogen-bond acceptors (Lipinski definition) is 5. The van der Waals surface area contributed by atoms with Crippen molar-refractivity contribution in [3.63, 3.8) is 0 Å². The molecule has 188 valence electrons. The summed E-state index contributed by atoms with van der Waals surface area (Å²) < 4.78 is 5.20. The molecule has 0 aliphatic heterocycles. The van der Waals surface area contributed by atoms with Crippen LogP contribution in [0.25, 0.3) is 11.1 Å². The van der Waals surface area contributed by atoms with Gasteiger partial charge in [0.15, 0.2) is 0 Å². The van der Waals surface area contributed by atoms with Gasteiger partial charge in [-0.2, -0.15) is 0 Å². The van der Waals surface area contributed by atoms with Gasteiger partial charge in [-0.25, -0.2) is 9.78 Å². The highest BCUT2D eigenvalue weighted by Gasteiger charge is 2.16. The Kier molecular flexibility index (Phi) is 8.42. The molecule has 0 aliphatic carbocycles. The number of benzene rings is 2.